The number of likely N-dealkylation sites (tertiary alicyclic amines) is 1. The average Bonchev–Trinajstić information content (AvgIpc) is 2.78. The Morgan fingerprint density at radius 1 is 1.39 bits per heavy atom. The van der Waals surface area contributed by atoms with Crippen LogP contribution in [0.3, 0.4) is 0 Å². The van der Waals surface area contributed by atoms with E-state index in [4.69, 9.17) is 10.8 Å². The van der Waals surface area contributed by atoms with E-state index in [-0.39, 0.29) is 12.2 Å². The summed E-state index contributed by atoms with van der Waals surface area (Å²) in [5.74, 6) is -1.43. The van der Waals surface area contributed by atoms with Crippen LogP contribution in [0.5, 0.6) is 0 Å². The van der Waals surface area contributed by atoms with Crippen LogP contribution in [0.4, 0.5) is 0 Å². The van der Waals surface area contributed by atoms with Gasteiger partial charge in [-0.05, 0) is 32.4 Å². The number of aliphatic carboxylic acids is 1. The van der Waals surface area contributed by atoms with Gasteiger partial charge in [-0.1, -0.05) is 0 Å². The highest BCUT2D eigenvalue weighted by molar-refractivity contribution is 7.89. The molecule has 1 heterocycles. The maximum absolute atomic E-state index is 11.6. The van der Waals surface area contributed by atoms with Gasteiger partial charge >= 0.3 is 5.97 Å². The number of rotatable bonds is 8. The highest BCUT2D eigenvalue weighted by Gasteiger charge is 2.18. The third-order valence-electron chi connectivity index (χ3n) is 2.96. The van der Waals surface area contributed by atoms with E-state index in [0.29, 0.717) is 13.1 Å². The Balaban J connectivity index is 2.20. The minimum Gasteiger partial charge on any atom is -0.480 e. The van der Waals surface area contributed by atoms with Gasteiger partial charge in [0.1, 0.15) is 6.04 Å². The Bertz CT molecular complexity index is 365. The van der Waals surface area contributed by atoms with Crippen LogP contribution in [0, 0.1) is 0 Å². The van der Waals surface area contributed by atoms with E-state index >= 15 is 0 Å². The number of nitrogens with one attached hydrogen (secondary N) is 1. The van der Waals surface area contributed by atoms with Gasteiger partial charge in [0.15, 0.2) is 0 Å². The van der Waals surface area contributed by atoms with E-state index in [1.807, 2.05) is 0 Å². The molecule has 0 aromatic heterocycles. The molecule has 1 aliphatic rings. The van der Waals surface area contributed by atoms with Gasteiger partial charge in [-0.15, -0.1) is 0 Å². The summed E-state index contributed by atoms with van der Waals surface area (Å²) in [5, 5.41) is 8.55. The van der Waals surface area contributed by atoms with Crippen LogP contribution < -0.4 is 10.5 Å². The van der Waals surface area contributed by atoms with Gasteiger partial charge in [-0.3, -0.25) is 4.79 Å². The first-order valence-corrected chi connectivity index (χ1v) is 7.74. The van der Waals surface area contributed by atoms with Gasteiger partial charge in [0.25, 0.3) is 0 Å². The first kappa shape index (κ1) is 15.4. The fraction of sp³-hybridized carbons (Fsp3) is 0.900. The lowest BCUT2D eigenvalue weighted by atomic mass is 10.2. The Morgan fingerprint density at radius 3 is 2.56 bits per heavy atom. The van der Waals surface area contributed by atoms with Crippen molar-refractivity contribution in [3.05, 3.63) is 0 Å². The quantitative estimate of drug-likeness (QED) is 0.514. The second-order valence-electron chi connectivity index (χ2n) is 4.50. The van der Waals surface area contributed by atoms with Crippen LogP contribution in [0.15, 0.2) is 0 Å². The second-order valence-corrected chi connectivity index (χ2v) is 6.42. The predicted molar refractivity (Wildman–Crippen MR) is 67.7 cm³/mol. The summed E-state index contributed by atoms with van der Waals surface area (Å²) >= 11 is 0. The molecule has 18 heavy (non-hydrogen) atoms. The van der Waals surface area contributed by atoms with Crippen molar-refractivity contribution in [3.8, 4) is 0 Å². The van der Waals surface area contributed by atoms with Crippen molar-refractivity contribution < 1.29 is 18.3 Å². The summed E-state index contributed by atoms with van der Waals surface area (Å²) in [6.45, 7) is 3.10. The SMILES string of the molecule is NC(CCS(=O)(=O)NCCN1CCCC1)C(=O)O. The van der Waals surface area contributed by atoms with Gasteiger partial charge < -0.3 is 15.7 Å². The molecule has 0 saturated carbocycles. The van der Waals surface area contributed by atoms with Crippen molar-refractivity contribution in [1.29, 1.82) is 0 Å². The summed E-state index contributed by atoms with van der Waals surface area (Å²) in [6.07, 6.45) is 2.26. The van der Waals surface area contributed by atoms with Crippen molar-refractivity contribution in [1.82, 2.24) is 9.62 Å². The summed E-state index contributed by atoms with van der Waals surface area (Å²) in [5.41, 5.74) is 5.25. The highest BCUT2D eigenvalue weighted by Crippen LogP contribution is 2.05. The second kappa shape index (κ2) is 7.03. The minimum absolute atomic E-state index is 0.0750. The molecule has 1 aliphatic heterocycles. The van der Waals surface area contributed by atoms with Crippen LogP contribution in [-0.4, -0.2) is 62.4 Å². The molecule has 7 nitrogen and oxygen atoms in total. The van der Waals surface area contributed by atoms with Gasteiger partial charge in [0.2, 0.25) is 10.0 Å². The number of sulfonamides is 1. The smallest absolute Gasteiger partial charge is 0.320 e. The maximum Gasteiger partial charge on any atom is 0.320 e. The molecule has 8 heteroatoms. The third-order valence-corrected chi connectivity index (χ3v) is 4.38. The molecule has 1 rings (SSSR count). The van der Waals surface area contributed by atoms with Crippen LogP contribution >= 0.6 is 0 Å². The Morgan fingerprint density at radius 2 is 2.00 bits per heavy atom. The highest BCUT2D eigenvalue weighted by atomic mass is 32.2. The van der Waals surface area contributed by atoms with Gasteiger partial charge in [0, 0.05) is 13.1 Å². The normalized spacial score (nSPS) is 18.9. The number of carbonyl (C=O) groups is 1. The van der Waals surface area contributed by atoms with Crippen LogP contribution in [-0.2, 0) is 14.8 Å². The van der Waals surface area contributed by atoms with Crippen molar-refractivity contribution in [2.45, 2.75) is 25.3 Å². The molecule has 0 bridgehead atoms. The first-order valence-electron chi connectivity index (χ1n) is 6.09. The fourth-order valence-electron chi connectivity index (χ4n) is 1.84. The lowest BCUT2D eigenvalue weighted by Crippen LogP contribution is -2.37. The van der Waals surface area contributed by atoms with Gasteiger partial charge in [-0.25, -0.2) is 13.1 Å². The Hall–Kier alpha value is -0.700. The van der Waals surface area contributed by atoms with E-state index in [9.17, 15) is 13.2 Å². The third kappa shape index (κ3) is 5.76. The molecular formula is C10H21N3O4S. The van der Waals surface area contributed by atoms with Crippen LogP contribution in [0.1, 0.15) is 19.3 Å². The topological polar surface area (TPSA) is 113 Å². The minimum atomic E-state index is -3.42. The Kier molecular flexibility index (Phi) is 6.00. The molecule has 1 unspecified atom stereocenters. The summed E-state index contributed by atoms with van der Waals surface area (Å²) < 4.78 is 25.6. The average molecular weight is 279 g/mol. The molecule has 0 radical (unpaired) electrons. The van der Waals surface area contributed by atoms with Crippen molar-refractivity contribution >= 4 is 16.0 Å². The molecule has 0 aromatic carbocycles. The summed E-state index contributed by atoms with van der Waals surface area (Å²) in [7, 11) is -3.42. The van der Waals surface area contributed by atoms with Crippen LogP contribution in [0.2, 0.25) is 0 Å². The molecule has 1 atom stereocenters. The summed E-state index contributed by atoms with van der Waals surface area (Å²) in [4.78, 5) is 12.7. The number of hydrogen-bond donors (Lipinski definition) is 3. The van der Waals surface area contributed by atoms with Crippen molar-refractivity contribution in [2.75, 3.05) is 31.9 Å². The molecule has 0 spiro atoms. The molecule has 0 aliphatic carbocycles. The lowest BCUT2D eigenvalue weighted by Gasteiger charge is -2.15. The molecule has 1 fully saturated rings. The zero-order chi connectivity index (χ0) is 13.6. The molecule has 4 N–H and O–H groups in total. The van der Waals surface area contributed by atoms with E-state index in [2.05, 4.69) is 9.62 Å². The monoisotopic (exact) mass is 279 g/mol. The van der Waals surface area contributed by atoms with E-state index in [0.717, 1.165) is 13.1 Å². The van der Waals surface area contributed by atoms with E-state index < -0.39 is 22.0 Å². The van der Waals surface area contributed by atoms with Crippen LogP contribution in [0.25, 0.3) is 0 Å². The number of hydrogen-bond acceptors (Lipinski definition) is 5. The number of carboxylic acid groups (broad SMARTS) is 1. The molecule has 1 saturated heterocycles. The molecule has 0 aromatic rings. The molecule has 106 valence electrons. The van der Waals surface area contributed by atoms with E-state index in [1.54, 1.807) is 0 Å². The molecular weight excluding hydrogens is 258 g/mol. The summed E-state index contributed by atoms with van der Waals surface area (Å²) in [6, 6.07) is -1.12. The lowest BCUT2D eigenvalue weighted by molar-refractivity contribution is -0.138. The van der Waals surface area contributed by atoms with E-state index in [1.165, 1.54) is 12.8 Å². The number of carboxylic acids is 1. The Labute approximate surface area is 107 Å². The molecule has 0 amide bonds. The predicted octanol–water partition coefficient (Wildman–Crippen LogP) is -1.20. The standard InChI is InChI=1S/C10H21N3O4S/c11-9(10(14)15)3-8-18(16,17)12-4-7-13-5-1-2-6-13/h9,12H,1-8,11H2,(H,14,15). The maximum atomic E-state index is 11.6. The van der Waals surface area contributed by atoms with Gasteiger partial charge in [0.05, 0.1) is 5.75 Å². The van der Waals surface area contributed by atoms with Crippen molar-refractivity contribution in [2.24, 2.45) is 5.73 Å². The first-order chi connectivity index (χ1) is 8.41. The zero-order valence-electron chi connectivity index (χ0n) is 10.3. The van der Waals surface area contributed by atoms with Gasteiger partial charge in [-0.2, -0.15) is 0 Å². The number of nitrogens with zero attached hydrogens (tertiary/aromatic N) is 1. The zero-order valence-corrected chi connectivity index (χ0v) is 11.2. The fourth-order valence-corrected chi connectivity index (χ4v) is 2.95. The number of nitrogens with two attached hydrogens (primary N) is 1. The van der Waals surface area contributed by atoms with Crippen molar-refractivity contribution in [3.63, 3.8) is 0 Å². The largest absolute Gasteiger partial charge is 0.480 e.